The van der Waals surface area contributed by atoms with Gasteiger partial charge in [0.15, 0.2) is 0 Å². The zero-order valence-electron chi connectivity index (χ0n) is 35.4. The van der Waals surface area contributed by atoms with Crippen molar-refractivity contribution in [1.82, 2.24) is 5.32 Å². The molecular weight excluding hydrogens is 679 g/mol. The summed E-state index contributed by atoms with van der Waals surface area (Å²) in [5.74, 6) is -0.892. The van der Waals surface area contributed by atoms with Crippen molar-refractivity contribution >= 4 is 16.0 Å². The largest absolute Gasteiger partial charge is 0.391 e. The monoisotopic (exact) mass is 770 g/mol. The van der Waals surface area contributed by atoms with Gasteiger partial charge in [-0.2, -0.15) is 8.42 Å². The molecule has 316 valence electrons. The Bertz CT molecular complexity index is 892. The maximum absolute atomic E-state index is 12.6. The van der Waals surface area contributed by atoms with Crippen molar-refractivity contribution in [2.24, 2.45) is 0 Å². The van der Waals surface area contributed by atoms with Gasteiger partial charge in [0.2, 0.25) is 5.91 Å². The summed E-state index contributed by atoms with van der Waals surface area (Å²) >= 11 is 0. The van der Waals surface area contributed by atoms with Gasteiger partial charge in [-0.05, 0) is 38.5 Å². The molecule has 0 spiro atoms. The molecule has 2 atom stereocenters. The van der Waals surface area contributed by atoms with E-state index in [1.807, 2.05) is 0 Å². The predicted octanol–water partition coefficient (Wildman–Crippen LogP) is 14.1. The number of aliphatic hydroxyl groups is 1. The van der Waals surface area contributed by atoms with Crippen LogP contribution in [0, 0.1) is 0 Å². The Balaban J connectivity index is 3.77. The Morgan fingerprint density at radius 1 is 0.491 bits per heavy atom. The lowest BCUT2D eigenvalue weighted by Gasteiger charge is -2.23. The summed E-state index contributed by atoms with van der Waals surface area (Å²) in [5.41, 5.74) is 0. The minimum absolute atomic E-state index is 0.246. The van der Waals surface area contributed by atoms with E-state index in [2.05, 4.69) is 31.3 Å². The maximum Gasteiger partial charge on any atom is 0.266 e. The third kappa shape index (κ3) is 42.1. The Morgan fingerprint density at radius 2 is 0.792 bits per heavy atom. The summed E-state index contributed by atoms with van der Waals surface area (Å²) in [6, 6.07) is -0.970. The second kappa shape index (κ2) is 40.7. The van der Waals surface area contributed by atoms with Crippen molar-refractivity contribution in [2.45, 2.75) is 270 Å². The fraction of sp³-hybridized carbons (Fsp3) is 0.935. The van der Waals surface area contributed by atoms with Gasteiger partial charge in [0.1, 0.15) is 0 Å². The fourth-order valence-corrected chi connectivity index (χ4v) is 8.21. The van der Waals surface area contributed by atoms with Gasteiger partial charge in [0.25, 0.3) is 10.1 Å². The van der Waals surface area contributed by atoms with Crippen LogP contribution in [0.25, 0.3) is 0 Å². The average molecular weight is 770 g/mol. The van der Waals surface area contributed by atoms with Crippen molar-refractivity contribution in [3.63, 3.8) is 0 Å². The lowest BCUT2D eigenvalue weighted by atomic mass is 10.0. The average Bonchev–Trinajstić information content (AvgIpc) is 3.12. The molecule has 7 heteroatoms. The van der Waals surface area contributed by atoms with Gasteiger partial charge in [0.05, 0.1) is 17.9 Å². The quantitative estimate of drug-likeness (QED) is 0.0325. The number of rotatable bonds is 43. The zero-order chi connectivity index (χ0) is 38.9. The maximum atomic E-state index is 12.6. The Labute approximate surface area is 331 Å². The van der Waals surface area contributed by atoms with E-state index in [0.29, 0.717) is 12.8 Å². The molecule has 0 radical (unpaired) electrons. The van der Waals surface area contributed by atoms with Crippen LogP contribution in [0.2, 0.25) is 0 Å². The molecule has 0 heterocycles. The van der Waals surface area contributed by atoms with Gasteiger partial charge < -0.3 is 10.4 Å². The summed E-state index contributed by atoms with van der Waals surface area (Å²) in [7, 11) is -4.31. The van der Waals surface area contributed by atoms with Crippen molar-refractivity contribution in [3.05, 3.63) is 12.2 Å². The molecule has 3 N–H and O–H groups in total. The molecule has 1 amide bonds. The third-order valence-corrected chi connectivity index (χ3v) is 11.8. The summed E-state index contributed by atoms with van der Waals surface area (Å²) in [4.78, 5) is 12.6. The molecule has 0 bridgehead atoms. The highest BCUT2D eigenvalue weighted by atomic mass is 32.2. The number of nitrogens with one attached hydrogen (secondary N) is 1. The van der Waals surface area contributed by atoms with E-state index in [0.717, 1.165) is 38.5 Å². The highest BCUT2D eigenvalue weighted by Crippen LogP contribution is 2.17. The van der Waals surface area contributed by atoms with Crippen molar-refractivity contribution in [3.8, 4) is 0 Å². The van der Waals surface area contributed by atoms with Gasteiger partial charge in [-0.3, -0.25) is 9.35 Å². The van der Waals surface area contributed by atoms with Gasteiger partial charge in [0, 0.05) is 6.42 Å². The number of amides is 1. The highest BCUT2D eigenvalue weighted by molar-refractivity contribution is 7.85. The number of carbonyl (C=O) groups is 1. The number of hydrogen-bond acceptors (Lipinski definition) is 4. The topological polar surface area (TPSA) is 104 Å². The van der Waals surface area contributed by atoms with E-state index in [1.165, 1.54) is 193 Å². The summed E-state index contributed by atoms with van der Waals surface area (Å²) < 4.78 is 32.7. The SMILES string of the molecule is CCCCCCCC/C=C\CCCCCCCCCC(=O)NC(CS(=O)(=O)O)C(O)CCCCCCCCCCCCCCCCCCCCCCC. The Morgan fingerprint density at radius 3 is 1.13 bits per heavy atom. The highest BCUT2D eigenvalue weighted by Gasteiger charge is 2.26. The predicted molar refractivity (Wildman–Crippen MR) is 230 cm³/mol. The molecule has 53 heavy (non-hydrogen) atoms. The van der Waals surface area contributed by atoms with Gasteiger partial charge in [-0.1, -0.05) is 225 Å². The molecule has 0 aliphatic heterocycles. The van der Waals surface area contributed by atoms with Crippen LogP contribution in [-0.4, -0.2) is 41.9 Å². The molecule has 0 aromatic carbocycles. The first-order valence-corrected chi connectivity index (χ1v) is 25.0. The van der Waals surface area contributed by atoms with Crippen molar-refractivity contribution < 1.29 is 22.9 Å². The summed E-state index contributed by atoms with van der Waals surface area (Å²) in [6.45, 7) is 4.54. The first-order valence-electron chi connectivity index (χ1n) is 23.4. The van der Waals surface area contributed by atoms with Gasteiger partial charge in [-0.15, -0.1) is 0 Å². The van der Waals surface area contributed by atoms with Crippen LogP contribution in [0.3, 0.4) is 0 Å². The first-order chi connectivity index (χ1) is 25.8. The van der Waals surface area contributed by atoms with E-state index < -0.39 is 28.0 Å². The molecule has 0 rings (SSSR count). The molecule has 0 fully saturated rings. The van der Waals surface area contributed by atoms with Crippen LogP contribution >= 0.6 is 0 Å². The smallest absolute Gasteiger partial charge is 0.266 e. The zero-order valence-corrected chi connectivity index (χ0v) is 36.2. The van der Waals surface area contributed by atoms with Crippen LogP contribution < -0.4 is 5.32 Å². The molecular formula is C46H91NO5S. The lowest BCUT2D eigenvalue weighted by molar-refractivity contribution is -0.122. The van der Waals surface area contributed by atoms with Gasteiger partial charge in [-0.25, -0.2) is 0 Å². The third-order valence-electron chi connectivity index (χ3n) is 11.0. The molecule has 0 saturated heterocycles. The standard InChI is InChI=1S/C46H91NO5S/c1-3-5-7-9-11-13-15-17-19-21-22-23-24-26-27-29-31-33-35-37-39-41-45(48)44(43-53(50,51)52)47-46(49)42-40-38-36-34-32-30-28-25-20-18-16-14-12-10-8-6-4-2/h18,20,44-45,48H,3-17,19,21-43H2,1-2H3,(H,47,49)(H,50,51,52)/b20-18-. The second-order valence-corrected chi connectivity index (χ2v) is 17.9. The van der Waals surface area contributed by atoms with E-state index >= 15 is 0 Å². The first kappa shape index (κ1) is 52.1. The number of unbranched alkanes of at least 4 members (excludes halogenated alkanes) is 33. The number of aliphatic hydroxyl groups excluding tert-OH is 1. The van der Waals surface area contributed by atoms with Crippen LogP contribution in [0.4, 0.5) is 0 Å². The molecule has 2 unspecified atom stereocenters. The fourth-order valence-electron chi connectivity index (χ4n) is 7.45. The molecule has 0 aromatic heterocycles. The van der Waals surface area contributed by atoms with Crippen LogP contribution in [-0.2, 0) is 14.9 Å². The molecule has 6 nitrogen and oxygen atoms in total. The minimum atomic E-state index is -4.31. The van der Waals surface area contributed by atoms with Crippen LogP contribution in [0.15, 0.2) is 12.2 Å². The van der Waals surface area contributed by atoms with Crippen molar-refractivity contribution in [1.29, 1.82) is 0 Å². The van der Waals surface area contributed by atoms with E-state index in [4.69, 9.17) is 0 Å². The molecule has 0 saturated carbocycles. The van der Waals surface area contributed by atoms with Gasteiger partial charge >= 0.3 is 0 Å². The molecule has 0 aliphatic carbocycles. The Kier molecular flexibility index (Phi) is 40.0. The van der Waals surface area contributed by atoms with Crippen molar-refractivity contribution in [2.75, 3.05) is 5.75 Å². The number of carbonyl (C=O) groups excluding carboxylic acids is 1. The van der Waals surface area contributed by atoms with Crippen LogP contribution in [0.1, 0.15) is 258 Å². The number of allylic oxidation sites excluding steroid dienone is 2. The second-order valence-electron chi connectivity index (χ2n) is 16.4. The normalized spacial score (nSPS) is 13.2. The van der Waals surface area contributed by atoms with Crippen LogP contribution in [0.5, 0.6) is 0 Å². The Hall–Kier alpha value is -0.920. The van der Waals surface area contributed by atoms with E-state index in [9.17, 15) is 22.9 Å². The summed E-state index contributed by atoms with van der Waals surface area (Å²) in [5, 5.41) is 13.4. The number of hydrogen-bond donors (Lipinski definition) is 3. The summed E-state index contributed by atoms with van der Waals surface area (Å²) in [6.07, 6.45) is 50.3. The molecule has 0 aliphatic rings. The lowest BCUT2D eigenvalue weighted by Crippen LogP contribution is -2.47. The van der Waals surface area contributed by atoms with E-state index in [1.54, 1.807) is 0 Å². The van der Waals surface area contributed by atoms with E-state index in [-0.39, 0.29) is 5.91 Å². The molecule has 0 aromatic rings. The minimum Gasteiger partial charge on any atom is -0.391 e.